The van der Waals surface area contributed by atoms with Crippen molar-refractivity contribution in [3.05, 3.63) is 28.5 Å². The van der Waals surface area contributed by atoms with E-state index >= 15 is 0 Å². The normalized spacial score (nSPS) is 10.2. The summed E-state index contributed by atoms with van der Waals surface area (Å²) in [5, 5.41) is 0. The van der Waals surface area contributed by atoms with E-state index in [1.54, 1.807) is 18.3 Å². The van der Waals surface area contributed by atoms with Crippen LogP contribution in [0.25, 0.3) is 0 Å². The van der Waals surface area contributed by atoms with Crippen molar-refractivity contribution < 1.29 is 4.79 Å². The number of hydrogen-bond acceptors (Lipinski definition) is 2. The highest BCUT2D eigenvalue weighted by molar-refractivity contribution is 7.71. The fraction of sp³-hybridized carbons (Fsp3) is 0.333. The van der Waals surface area contributed by atoms with Crippen molar-refractivity contribution in [2.24, 2.45) is 5.92 Å². The molecular formula is C9H11NOS. The van der Waals surface area contributed by atoms with Crippen LogP contribution >= 0.6 is 12.2 Å². The van der Waals surface area contributed by atoms with Gasteiger partial charge in [-0.15, -0.1) is 0 Å². The SMILES string of the molecule is CC(C)C(=O)c1ccc(=S)[nH]c1. The van der Waals surface area contributed by atoms with E-state index in [0.29, 0.717) is 10.2 Å². The van der Waals surface area contributed by atoms with Crippen LogP contribution in [-0.4, -0.2) is 10.8 Å². The molecule has 0 fully saturated rings. The highest BCUT2D eigenvalue weighted by Gasteiger charge is 2.08. The number of H-pyrrole nitrogens is 1. The highest BCUT2D eigenvalue weighted by atomic mass is 32.1. The van der Waals surface area contributed by atoms with Gasteiger partial charge in [-0.1, -0.05) is 26.1 Å². The van der Waals surface area contributed by atoms with E-state index in [1.165, 1.54) is 0 Å². The lowest BCUT2D eigenvalue weighted by Crippen LogP contribution is -2.07. The first kappa shape index (κ1) is 9.13. The molecule has 2 nitrogen and oxygen atoms in total. The van der Waals surface area contributed by atoms with Crippen LogP contribution in [0.4, 0.5) is 0 Å². The maximum Gasteiger partial charge on any atom is 0.166 e. The van der Waals surface area contributed by atoms with Gasteiger partial charge in [-0.05, 0) is 12.1 Å². The van der Waals surface area contributed by atoms with Gasteiger partial charge in [0.25, 0.3) is 0 Å². The van der Waals surface area contributed by atoms with Gasteiger partial charge in [-0.2, -0.15) is 0 Å². The van der Waals surface area contributed by atoms with Gasteiger partial charge in [0.15, 0.2) is 5.78 Å². The van der Waals surface area contributed by atoms with Crippen LogP contribution in [0.3, 0.4) is 0 Å². The van der Waals surface area contributed by atoms with Gasteiger partial charge in [-0.3, -0.25) is 4.79 Å². The minimum Gasteiger partial charge on any atom is -0.352 e. The summed E-state index contributed by atoms with van der Waals surface area (Å²) in [6.07, 6.45) is 1.66. The van der Waals surface area contributed by atoms with Gasteiger partial charge < -0.3 is 4.98 Å². The molecule has 0 unspecified atom stereocenters. The highest BCUT2D eigenvalue weighted by Crippen LogP contribution is 2.06. The lowest BCUT2D eigenvalue weighted by atomic mass is 10.0. The fourth-order valence-electron chi connectivity index (χ4n) is 0.897. The summed E-state index contributed by atoms with van der Waals surface area (Å²) < 4.78 is 0.648. The molecule has 1 N–H and O–H groups in total. The van der Waals surface area contributed by atoms with E-state index in [1.807, 2.05) is 13.8 Å². The molecule has 0 spiro atoms. The molecule has 0 aliphatic carbocycles. The van der Waals surface area contributed by atoms with Crippen LogP contribution in [0, 0.1) is 10.6 Å². The minimum atomic E-state index is 0.0365. The Labute approximate surface area is 76.6 Å². The number of aromatic amines is 1. The van der Waals surface area contributed by atoms with Crippen LogP contribution in [0.15, 0.2) is 18.3 Å². The number of nitrogens with one attached hydrogen (secondary N) is 1. The van der Waals surface area contributed by atoms with Crippen LogP contribution in [0.5, 0.6) is 0 Å². The summed E-state index contributed by atoms with van der Waals surface area (Å²) in [5.41, 5.74) is 0.693. The van der Waals surface area contributed by atoms with Crippen LogP contribution in [-0.2, 0) is 0 Å². The molecule has 0 aromatic carbocycles. The van der Waals surface area contributed by atoms with Gasteiger partial charge in [-0.25, -0.2) is 0 Å². The summed E-state index contributed by atoms with van der Waals surface area (Å²) in [6, 6.07) is 3.48. The molecule has 0 radical (unpaired) electrons. The lowest BCUT2D eigenvalue weighted by molar-refractivity contribution is 0.0939. The summed E-state index contributed by atoms with van der Waals surface area (Å²) >= 11 is 4.86. The summed E-state index contributed by atoms with van der Waals surface area (Å²) in [5.74, 6) is 0.177. The first-order valence-electron chi connectivity index (χ1n) is 3.84. The molecule has 0 saturated carbocycles. The summed E-state index contributed by atoms with van der Waals surface area (Å²) in [7, 11) is 0. The molecule has 0 saturated heterocycles. The predicted molar refractivity (Wildman–Crippen MR) is 50.8 cm³/mol. The fourth-order valence-corrected chi connectivity index (χ4v) is 1.02. The number of hydrogen-bond donors (Lipinski definition) is 1. The standard InChI is InChI=1S/C9H11NOS/c1-6(2)9(11)7-3-4-8(12)10-5-7/h3-6H,1-2H3,(H,10,12). The molecule has 1 aromatic rings. The maximum atomic E-state index is 11.4. The second kappa shape index (κ2) is 3.63. The predicted octanol–water partition coefficient (Wildman–Crippen LogP) is 2.58. The van der Waals surface area contributed by atoms with Crippen molar-refractivity contribution in [2.45, 2.75) is 13.8 Å². The van der Waals surface area contributed by atoms with Crippen molar-refractivity contribution in [2.75, 3.05) is 0 Å². The molecule has 0 aliphatic rings. The second-order valence-electron chi connectivity index (χ2n) is 2.96. The van der Waals surface area contributed by atoms with E-state index in [9.17, 15) is 4.79 Å². The lowest BCUT2D eigenvalue weighted by Gasteiger charge is -2.02. The number of Topliss-reactive ketones (excluding diaryl/α,β-unsaturated/α-hetero) is 1. The Balaban J connectivity index is 2.98. The molecule has 3 heteroatoms. The summed E-state index contributed by atoms with van der Waals surface area (Å²) in [6.45, 7) is 3.76. The molecule has 0 amide bonds. The van der Waals surface area contributed by atoms with Crippen LogP contribution < -0.4 is 0 Å². The Kier molecular flexibility index (Phi) is 2.76. The number of ketones is 1. The second-order valence-corrected chi connectivity index (χ2v) is 3.40. The van der Waals surface area contributed by atoms with E-state index in [2.05, 4.69) is 4.98 Å². The quantitative estimate of drug-likeness (QED) is 0.562. The average Bonchev–Trinajstić information content (AvgIpc) is 2.04. The van der Waals surface area contributed by atoms with Gasteiger partial charge in [0, 0.05) is 17.7 Å². The third-order valence-corrected chi connectivity index (χ3v) is 1.85. The van der Waals surface area contributed by atoms with E-state index in [0.717, 1.165) is 0 Å². The Morgan fingerprint density at radius 3 is 2.58 bits per heavy atom. The summed E-state index contributed by atoms with van der Waals surface area (Å²) in [4.78, 5) is 14.2. The zero-order chi connectivity index (χ0) is 9.14. The molecule has 0 atom stereocenters. The first-order chi connectivity index (χ1) is 5.61. The smallest absolute Gasteiger partial charge is 0.166 e. The van der Waals surface area contributed by atoms with Crippen molar-refractivity contribution in [1.82, 2.24) is 4.98 Å². The molecule has 0 bridgehead atoms. The van der Waals surface area contributed by atoms with Gasteiger partial charge in [0.1, 0.15) is 4.64 Å². The van der Waals surface area contributed by atoms with E-state index in [-0.39, 0.29) is 11.7 Å². The van der Waals surface area contributed by atoms with Crippen molar-refractivity contribution in [1.29, 1.82) is 0 Å². The molecule has 1 aromatic heterocycles. The Bertz CT molecular complexity index is 320. The van der Waals surface area contributed by atoms with E-state index < -0.39 is 0 Å². The third-order valence-electron chi connectivity index (χ3n) is 1.59. The number of carbonyl (C=O) groups is 1. The van der Waals surface area contributed by atoms with Crippen molar-refractivity contribution >= 4 is 18.0 Å². The number of carbonyl (C=O) groups excluding carboxylic acids is 1. The zero-order valence-corrected chi connectivity index (χ0v) is 7.94. The van der Waals surface area contributed by atoms with E-state index in [4.69, 9.17) is 12.2 Å². The number of rotatable bonds is 2. The van der Waals surface area contributed by atoms with Gasteiger partial charge >= 0.3 is 0 Å². The molecule has 12 heavy (non-hydrogen) atoms. The number of pyridine rings is 1. The van der Waals surface area contributed by atoms with Crippen LogP contribution in [0.2, 0.25) is 0 Å². The van der Waals surface area contributed by atoms with Gasteiger partial charge in [0.05, 0.1) is 0 Å². The monoisotopic (exact) mass is 181 g/mol. The van der Waals surface area contributed by atoms with Gasteiger partial charge in [0.2, 0.25) is 0 Å². The number of aromatic nitrogens is 1. The average molecular weight is 181 g/mol. The Morgan fingerprint density at radius 1 is 1.50 bits per heavy atom. The van der Waals surface area contributed by atoms with Crippen molar-refractivity contribution in [3.63, 3.8) is 0 Å². The zero-order valence-electron chi connectivity index (χ0n) is 7.13. The van der Waals surface area contributed by atoms with Crippen LogP contribution in [0.1, 0.15) is 24.2 Å². The third kappa shape index (κ3) is 2.01. The largest absolute Gasteiger partial charge is 0.352 e. The van der Waals surface area contributed by atoms with Crippen molar-refractivity contribution in [3.8, 4) is 0 Å². The molecular weight excluding hydrogens is 170 g/mol. The molecule has 1 rings (SSSR count). The topological polar surface area (TPSA) is 32.9 Å². The Morgan fingerprint density at radius 2 is 2.17 bits per heavy atom. The Hall–Kier alpha value is -0.960. The molecule has 64 valence electrons. The first-order valence-corrected chi connectivity index (χ1v) is 4.25. The molecule has 0 aliphatic heterocycles. The maximum absolute atomic E-state index is 11.4. The molecule has 1 heterocycles. The minimum absolute atomic E-state index is 0.0365.